The lowest BCUT2D eigenvalue weighted by Gasteiger charge is -2.01. The lowest BCUT2D eigenvalue weighted by molar-refractivity contribution is 0.256. The quantitative estimate of drug-likeness (QED) is 0.489. The predicted octanol–water partition coefficient (Wildman–Crippen LogP) is 0.632. The summed E-state index contributed by atoms with van der Waals surface area (Å²) in [5.74, 6) is 0. The van der Waals surface area contributed by atoms with Crippen LogP contribution in [0, 0.1) is 0 Å². The third-order valence-corrected chi connectivity index (χ3v) is 1.66. The second-order valence-electron chi connectivity index (χ2n) is 2.54. The zero-order valence-electron chi connectivity index (χ0n) is 6.16. The Morgan fingerprint density at radius 3 is 2.67 bits per heavy atom. The van der Waals surface area contributed by atoms with E-state index >= 15 is 0 Å². The van der Waals surface area contributed by atoms with Crippen LogP contribution in [-0.2, 0) is 0 Å². The van der Waals surface area contributed by atoms with E-state index in [1.165, 1.54) is 0 Å². The predicted molar refractivity (Wildman–Crippen MR) is 46.1 cm³/mol. The van der Waals surface area contributed by atoms with Crippen LogP contribution in [0.4, 0.5) is 27.5 Å². The van der Waals surface area contributed by atoms with Crippen molar-refractivity contribution in [3.8, 4) is 0 Å². The van der Waals surface area contributed by atoms with Gasteiger partial charge in [0.05, 0.1) is 22.7 Å². The van der Waals surface area contributed by atoms with Gasteiger partial charge in [-0.3, -0.25) is 0 Å². The molecule has 0 aromatic heterocycles. The molecule has 0 aliphatic carbocycles. The first-order valence-electron chi connectivity index (χ1n) is 3.38. The number of carbonyl (C=O) groups excluding carboxylic acids is 1. The second-order valence-corrected chi connectivity index (χ2v) is 2.54. The Bertz CT molecular complexity index is 328. The van der Waals surface area contributed by atoms with Crippen LogP contribution in [0.5, 0.6) is 0 Å². The molecular weight excluding hydrogens is 156 g/mol. The van der Waals surface area contributed by atoms with Gasteiger partial charge in [-0.1, -0.05) is 0 Å². The number of nitrogen functional groups attached to an aromatic ring is 2. The summed E-state index contributed by atoms with van der Waals surface area (Å²) in [5.41, 5.74) is 13.1. The molecule has 5 N–H and O–H groups in total. The largest absolute Gasteiger partial charge is 0.397 e. The fourth-order valence-electron chi connectivity index (χ4n) is 1.07. The topological polar surface area (TPSA) is 95.2 Å². The first-order valence-corrected chi connectivity index (χ1v) is 3.38. The molecule has 0 saturated carbocycles. The van der Waals surface area contributed by atoms with Crippen LogP contribution in [-0.4, -0.2) is 6.03 Å². The van der Waals surface area contributed by atoms with Gasteiger partial charge >= 0.3 is 6.03 Å². The molecule has 2 rings (SSSR count). The third-order valence-electron chi connectivity index (χ3n) is 1.66. The SMILES string of the molecule is Nc1cc2c(cc1N)NC(=O)[N]2. The molecule has 0 bridgehead atoms. The van der Waals surface area contributed by atoms with Gasteiger partial charge in [-0.2, -0.15) is 5.32 Å². The number of hydrogen-bond acceptors (Lipinski definition) is 3. The molecule has 12 heavy (non-hydrogen) atoms. The average Bonchev–Trinajstić information content (AvgIpc) is 2.30. The number of benzene rings is 1. The van der Waals surface area contributed by atoms with E-state index in [1.54, 1.807) is 12.1 Å². The summed E-state index contributed by atoms with van der Waals surface area (Å²) in [5, 5.41) is 6.19. The molecule has 5 nitrogen and oxygen atoms in total. The molecule has 1 aliphatic rings. The van der Waals surface area contributed by atoms with Crippen molar-refractivity contribution in [2.45, 2.75) is 0 Å². The molecule has 1 aromatic rings. The van der Waals surface area contributed by atoms with Crippen molar-refractivity contribution in [3.05, 3.63) is 12.1 Å². The zero-order valence-corrected chi connectivity index (χ0v) is 6.16. The summed E-state index contributed by atoms with van der Waals surface area (Å²) in [6, 6.07) is 2.79. The lowest BCUT2D eigenvalue weighted by atomic mass is 10.2. The minimum atomic E-state index is -0.380. The summed E-state index contributed by atoms with van der Waals surface area (Å²) in [7, 11) is 0. The van der Waals surface area contributed by atoms with Crippen LogP contribution >= 0.6 is 0 Å². The number of nitrogens with zero attached hydrogens (tertiary/aromatic N) is 1. The van der Waals surface area contributed by atoms with Crippen LogP contribution in [0.3, 0.4) is 0 Å². The maximum atomic E-state index is 10.8. The maximum Gasteiger partial charge on any atom is 0.346 e. The number of nitrogens with two attached hydrogens (primary N) is 2. The fourth-order valence-corrected chi connectivity index (χ4v) is 1.07. The molecule has 0 unspecified atom stereocenters. The molecule has 1 heterocycles. The summed E-state index contributed by atoms with van der Waals surface area (Å²) in [6.45, 7) is 0. The van der Waals surface area contributed by atoms with Gasteiger partial charge in [0.15, 0.2) is 0 Å². The molecule has 0 spiro atoms. The Labute approximate surface area is 68.7 Å². The van der Waals surface area contributed by atoms with Crippen LogP contribution in [0.2, 0.25) is 0 Å². The Kier molecular flexibility index (Phi) is 1.15. The standard InChI is InChI=1S/C7H7N4O/c8-3-1-5-6(2-4(3)9)11-7(12)10-5/h1-2H,8-9H2,(H,10,12). The van der Waals surface area contributed by atoms with Crippen molar-refractivity contribution in [2.75, 3.05) is 16.8 Å². The van der Waals surface area contributed by atoms with Gasteiger partial charge in [0.2, 0.25) is 0 Å². The number of rotatable bonds is 0. The molecule has 1 aliphatic heterocycles. The van der Waals surface area contributed by atoms with Gasteiger partial charge in [-0.25, -0.2) is 4.79 Å². The Morgan fingerprint density at radius 1 is 1.25 bits per heavy atom. The van der Waals surface area contributed by atoms with E-state index in [0.29, 0.717) is 22.7 Å². The minimum absolute atomic E-state index is 0.380. The molecule has 1 aromatic carbocycles. The van der Waals surface area contributed by atoms with Crippen molar-refractivity contribution in [1.82, 2.24) is 5.32 Å². The molecule has 0 fully saturated rings. The summed E-state index contributed by atoms with van der Waals surface area (Å²) >= 11 is 0. The number of nitrogens with one attached hydrogen (secondary N) is 1. The Hall–Kier alpha value is -1.91. The number of hydrogen-bond donors (Lipinski definition) is 3. The summed E-state index contributed by atoms with van der Waals surface area (Å²) < 4.78 is 0. The van der Waals surface area contributed by atoms with Crippen molar-refractivity contribution < 1.29 is 4.79 Å². The highest BCUT2D eigenvalue weighted by Gasteiger charge is 2.19. The molecule has 2 amide bonds. The Balaban J connectivity index is 2.55. The van der Waals surface area contributed by atoms with E-state index in [0.717, 1.165) is 0 Å². The van der Waals surface area contributed by atoms with Gasteiger partial charge in [-0.15, -0.1) is 0 Å². The highest BCUT2D eigenvalue weighted by molar-refractivity contribution is 6.04. The highest BCUT2D eigenvalue weighted by atomic mass is 16.2. The van der Waals surface area contributed by atoms with Crippen LogP contribution < -0.4 is 22.1 Å². The molecule has 1 radical (unpaired) electrons. The van der Waals surface area contributed by atoms with Gasteiger partial charge in [0, 0.05) is 0 Å². The first-order chi connectivity index (χ1) is 5.66. The minimum Gasteiger partial charge on any atom is -0.397 e. The average molecular weight is 163 g/mol. The lowest BCUT2D eigenvalue weighted by Crippen LogP contribution is -2.08. The number of fused-ring (bicyclic) bond motifs is 1. The van der Waals surface area contributed by atoms with Crippen molar-refractivity contribution >= 4 is 28.8 Å². The fraction of sp³-hybridized carbons (Fsp3) is 0. The second kappa shape index (κ2) is 2.04. The first kappa shape index (κ1) is 6.78. The molecule has 0 atom stereocenters. The highest BCUT2D eigenvalue weighted by Crippen LogP contribution is 2.32. The van der Waals surface area contributed by atoms with E-state index in [1.807, 2.05) is 0 Å². The summed E-state index contributed by atoms with van der Waals surface area (Å²) in [4.78, 5) is 10.8. The maximum absolute atomic E-state index is 10.8. The van der Waals surface area contributed by atoms with E-state index in [4.69, 9.17) is 11.5 Å². The molecule has 61 valence electrons. The molecule has 5 heteroatoms. The number of urea groups is 1. The smallest absolute Gasteiger partial charge is 0.346 e. The van der Waals surface area contributed by atoms with Crippen LogP contribution in [0.25, 0.3) is 0 Å². The Morgan fingerprint density at radius 2 is 1.92 bits per heavy atom. The van der Waals surface area contributed by atoms with Crippen molar-refractivity contribution in [3.63, 3.8) is 0 Å². The monoisotopic (exact) mass is 163 g/mol. The van der Waals surface area contributed by atoms with E-state index in [-0.39, 0.29) is 6.03 Å². The number of anilines is 3. The van der Waals surface area contributed by atoms with Crippen molar-refractivity contribution in [1.29, 1.82) is 0 Å². The van der Waals surface area contributed by atoms with E-state index < -0.39 is 0 Å². The number of carbonyl (C=O) groups is 1. The van der Waals surface area contributed by atoms with Gasteiger partial charge in [0.25, 0.3) is 0 Å². The van der Waals surface area contributed by atoms with Gasteiger partial charge in [-0.05, 0) is 12.1 Å². The summed E-state index contributed by atoms with van der Waals surface area (Å²) in [6.07, 6.45) is 0. The van der Waals surface area contributed by atoms with Crippen LogP contribution in [0.1, 0.15) is 0 Å². The van der Waals surface area contributed by atoms with E-state index in [9.17, 15) is 4.79 Å². The third kappa shape index (κ3) is 0.833. The number of amides is 2. The zero-order chi connectivity index (χ0) is 8.72. The van der Waals surface area contributed by atoms with Gasteiger partial charge in [0.1, 0.15) is 0 Å². The molecule has 0 saturated heterocycles. The van der Waals surface area contributed by atoms with Crippen molar-refractivity contribution in [2.24, 2.45) is 0 Å². The van der Waals surface area contributed by atoms with Crippen LogP contribution in [0.15, 0.2) is 12.1 Å². The van der Waals surface area contributed by atoms with E-state index in [2.05, 4.69) is 10.6 Å². The molecular formula is C7H7N4O. The normalized spacial score (nSPS) is 13.5. The van der Waals surface area contributed by atoms with Gasteiger partial charge < -0.3 is 16.8 Å².